The van der Waals surface area contributed by atoms with Gasteiger partial charge >= 0.3 is 0 Å². The number of rotatable bonds is 6. The first-order chi connectivity index (χ1) is 7.31. The van der Waals surface area contributed by atoms with Gasteiger partial charge in [0.2, 0.25) is 0 Å². The molecule has 3 heteroatoms. The molecule has 0 radical (unpaired) electrons. The zero-order valence-corrected chi connectivity index (χ0v) is 11.3. The highest BCUT2D eigenvalue weighted by Gasteiger charge is 2.24. The van der Waals surface area contributed by atoms with Crippen molar-refractivity contribution in [1.82, 2.24) is 10.2 Å². The van der Waals surface area contributed by atoms with Gasteiger partial charge in [0.05, 0.1) is 0 Å². The smallest absolute Gasteiger partial charge is 0.0219 e. The van der Waals surface area contributed by atoms with E-state index < -0.39 is 0 Å². The highest BCUT2D eigenvalue weighted by atomic mass is 32.2. The van der Waals surface area contributed by atoms with Crippen molar-refractivity contribution in [2.45, 2.75) is 45.7 Å². The molecule has 0 aliphatic carbocycles. The Morgan fingerprint density at radius 1 is 1.27 bits per heavy atom. The van der Waals surface area contributed by atoms with Gasteiger partial charge in [0.25, 0.3) is 0 Å². The average Bonchev–Trinajstić information content (AvgIpc) is 2.29. The molecule has 1 heterocycles. The second-order valence-corrected chi connectivity index (χ2v) is 5.66. The van der Waals surface area contributed by atoms with Crippen molar-refractivity contribution >= 4 is 11.8 Å². The van der Waals surface area contributed by atoms with Gasteiger partial charge in [-0.3, -0.25) is 4.90 Å². The molecule has 0 aromatic heterocycles. The lowest BCUT2D eigenvalue weighted by Gasteiger charge is -2.40. The van der Waals surface area contributed by atoms with Crippen LogP contribution < -0.4 is 5.32 Å². The van der Waals surface area contributed by atoms with Crippen LogP contribution in [-0.2, 0) is 0 Å². The second-order valence-electron chi connectivity index (χ2n) is 4.27. The summed E-state index contributed by atoms with van der Waals surface area (Å²) >= 11 is 2.06. The second kappa shape index (κ2) is 7.53. The van der Waals surface area contributed by atoms with Gasteiger partial charge in [-0.05, 0) is 18.6 Å². The maximum absolute atomic E-state index is 3.64. The van der Waals surface area contributed by atoms with Crippen molar-refractivity contribution in [3.63, 3.8) is 0 Å². The van der Waals surface area contributed by atoms with E-state index in [4.69, 9.17) is 0 Å². The van der Waals surface area contributed by atoms with Gasteiger partial charge in [0, 0.05) is 37.5 Å². The third kappa shape index (κ3) is 4.33. The molecule has 0 amide bonds. The molecule has 1 aliphatic heterocycles. The Labute approximate surface area is 99.2 Å². The number of hydrogen-bond acceptors (Lipinski definition) is 3. The van der Waals surface area contributed by atoms with Crippen LogP contribution in [0.4, 0.5) is 0 Å². The molecule has 1 fully saturated rings. The van der Waals surface area contributed by atoms with E-state index in [1.165, 1.54) is 44.0 Å². The Hall–Kier alpha value is 0.270. The van der Waals surface area contributed by atoms with Crippen molar-refractivity contribution in [2.75, 3.05) is 31.1 Å². The molecule has 0 aromatic rings. The van der Waals surface area contributed by atoms with Crippen LogP contribution in [0.1, 0.15) is 33.6 Å². The van der Waals surface area contributed by atoms with Crippen LogP contribution in [0.2, 0.25) is 0 Å². The van der Waals surface area contributed by atoms with Crippen LogP contribution in [0.3, 0.4) is 0 Å². The first-order valence-corrected chi connectivity index (χ1v) is 7.52. The maximum atomic E-state index is 3.64. The number of thioether (sulfide) groups is 1. The summed E-state index contributed by atoms with van der Waals surface area (Å²) in [5.74, 6) is 2.55. The van der Waals surface area contributed by atoms with Gasteiger partial charge in [0.1, 0.15) is 0 Å². The fourth-order valence-corrected chi connectivity index (χ4v) is 2.86. The summed E-state index contributed by atoms with van der Waals surface area (Å²) in [5, 5.41) is 3.64. The van der Waals surface area contributed by atoms with Crippen molar-refractivity contribution in [1.29, 1.82) is 0 Å². The molecule has 2 unspecified atom stereocenters. The van der Waals surface area contributed by atoms with Crippen LogP contribution in [0, 0.1) is 0 Å². The molecule has 15 heavy (non-hydrogen) atoms. The van der Waals surface area contributed by atoms with Gasteiger partial charge < -0.3 is 5.32 Å². The Morgan fingerprint density at radius 3 is 2.67 bits per heavy atom. The summed E-state index contributed by atoms with van der Waals surface area (Å²) in [7, 11) is 0. The summed E-state index contributed by atoms with van der Waals surface area (Å²) in [6.45, 7) is 10.5. The molecule has 0 bridgehead atoms. The average molecular weight is 230 g/mol. The molecule has 1 aliphatic rings. The van der Waals surface area contributed by atoms with Gasteiger partial charge in [-0.15, -0.1) is 0 Å². The van der Waals surface area contributed by atoms with Crippen LogP contribution in [0.5, 0.6) is 0 Å². The van der Waals surface area contributed by atoms with Gasteiger partial charge in [0.15, 0.2) is 0 Å². The first-order valence-electron chi connectivity index (χ1n) is 6.36. The van der Waals surface area contributed by atoms with E-state index in [2.05, 4.69) is 42.7 Å². The molecule has 1 saturated heterocycles. The third-order valence-electron chi connectivity index (χ3n) is 3.30. The summed E-state index contributed by atoms with van der Waals surface area (Å²) in [4.78, 5) is 2.69. The zero-order chi connectivity index (χ0) is 11.1. The van der Waals surface area contributed by atoms with E-state index in [1.54, 1.807) is 0 Å². The standard InChI is InChI=1S/C12H26N2S/c1-4-11-10-14(7-8-15-6-3)12(5-2)9-13-11/h11-13H,4-10H2,1-3H3. The topological polar surface area (TPSA) is 15.3 Å². The summed E-state index contributed by atoms with van der Waals surface area (Å²) in [6, 6.07) is 1.49. The molecule has 1 N–H and O–H groups in total. The Kier molecular flexibility index (Phi) is 6.69. The zero-order valence-electron chi connectivity index (χ0n) is 10.5. The fraction of sp³-hybridized carbons (Fsp3) is 1.00. The molecule has 90 valence electrons. The molecular formula is C12H26N2S. The van der Waals surface area contributed by atoms with Crippen LogP contribution >= 0.6 is 11.8 Å². The maximum Gasteiger partial charge on any atom is 0.0219 e. The first kappa shape index (κ1) is 13.3. The van der Waals surface area contributed by atoms with Crippen LogP contribution in [0.25, 0.3) is 0 Å². The van der Waals surface area contributed by atoms with E-state index in [0.29, 0.717) is 0 Å². The predicted molar refractivity (Wildman–Crippen MR) is 70.7 cm³/mol. The number of nitrogens with zero attached hydrogens (tertiary/aromatic N) is 1. The Bertz CT molecular complexity index is 164. The quantitative estimate of drug-likeness (QED) is 0.704. The molecule has 0 saturated carbocycles. The largest absolute Gasteiger partial charge is 0.311 e. The highest BCUT2D eigenvalue weighted by molar-refractivity contribution is 7.99. The summed E-state index contributed by atoms with van der Waals surface area (Å²) < 4.78 is 0. The molecule has 2 atom stereocenters. The van der Waals surface area contributed by atoms with E-state index >= 15 is 0 Å². The van der Waals surface area contributed by atoms with Gasteiger partial charge in [-0.1, -0.05) is 20.8 Å². The normalized spacial score (nSPS) is 28.2. The minimum Gasteiger partial charge on any atom is -0.311 e. The van der Waals surface area contributed by atoms with Crippen LogP contribution in [-0.4, -0.2) is 48.1 Å². The van der Waals surface area contributed by atoms with Crippen molar-refractivity contribution in [3.8, 4) is 0 Å². The summed E-state index contributed by atoms with van der Waals surface area (Å²) in [5.41, 5.74) is 0. The molecule has 2 nitrogen and oxygen atoms in total. The Morgan fingerprint density at radius 2 is 2.07 bits per heavy atom. The predicted octanol–water partition coefficient (Wildman–Crippen LogP) is 2.20. The monoisotopic (exact) mass is 230 g/mol. The van der Waals surface area contributed by atoms with Crippen LogP contribution in [0.15, 0.2) is 0 Å². The molecule has 0 spiro atoms. The third-order valence-corrected chi connectivity index (χ3v) is 4.18. The lowest BCUT2D eigenvalue weighted by atomic mass is 10.1. The van der Waals surface area contributed by atoms with Crippen molar-refractivity contribution < 1.29 is 0 Å². The molecule has 1 rings (SSSR count). The molecular weight excluding hydrogens is 204 g/mol. The van der Waals surface area contributed by atoms with Crippen molar-refractivity contribution in [3.05, 3.63) is 0 Å². The lowest BCUT2D eigenvalue weighted by molar-refractivity contribution is 0.133. The minimum atomic E-state index is 0.722. The van der Waals surface area contributed by atoms with E-state index in [9.17, 15) is 0 Å². The number of nitrogens with one attached hydrogen (secondary N) is 1. The Balaban J connectivity index is 2.33. The summed E-state index contributed by atoms with van der Waals surface area (Å²) in [6.07, 6.45) is 2.54. The SMILES string of the molecule is CCSCCN1CC(CC)NCC1CC. The number of piperazine rings is 1. The van der Waals surface area contributed by atoms with E-state index in [0.717, 1.165) is 12.1 Å². The lowest BCUT2D eigenvalue weighted by Crippen LogP contribution is -2.56. The van der Waals surface area contributed by atoms with E-state index in [1.807, 2.05) is 0 Å². The highest BCUT2D eigenvalue weighted by Crippen LogP contribution is 2.13. The van der Waals surface area contributed by atoms with Gasteiger partial charge in [-0.25, -0.2) is 0 Å². The molecule has 0 aromatic carbocycles. The number of hydrogen-bond donors (Lipinski definition) is 1. The van der Waals surface area contributed by atoms with Crippen molar-refractivity contribution in [2.24, 2.45) is 0 Å². The van der Waals surface area contributed by atoms with Gasteiger partial charge in [-0.2, -0.15) is 11.8 Å². The van der Waals surface area contributed by atoms with E-state index in [-0.39, 0.29) is 0 Å². The minimum absolute atomic E-state index is 0.722. The fourth-order valence-electron chi connectivity index (χ4n) is 2.20.